The Hall–Kier alpha value is -3.10. The Morgan fingerprint density at radius 3 is 2.45 bits per heavy atom. The molecule has 2 heterocycles. The van der Waals surface area contributed by atoms with E-state index in [9.17, 15) is 19.2 Å². The van der Waals surface area contributed by atoms with E-state index in [1.807, 2.05) is 31.2 Å². The second kappa shape index (κ2) is 9.80. The van der Waals surface area contributed by atoms with Gasteiger partial charge in [0.05, 0.1) is 30.1 Å². The molecule has 0 N–H and O–H groups in total. The summed E-state index contributed by atoms with van der Waals surface area (Å²) in [5.74, 6) is -1.14. The van der Waals surface area contributed by atoms with E-state index in [1.54, 1.807) is 23.4 Å². The molecule has 1 atom stereocenters. The number of likely N-dealkylation sites (tertiary alicyclic amines) is 1. The van der Waals surface area contributed by atoms with Gasteiger partial charge in [-0.25, -0.2) is 4.79 Å². The minimum Gasteiger partial charge on any atom is -0.466 e. The van der Waals surface area contributed by atoms with Gasteiger partial charge in [0.2, 0.25) is 11.8 Å². The number of hydrogen-bond donors (Lipinski definition) is 0. The molecule has 0 aliphatic carbocycles. The van der Waals surface area contributed by atoms with Crippen LogP contribution in [-0.2, 0) is 32.2 Å². The monoisotopic (exact) mass is 430 g/mol. The predicted octanol–water partition coefficient (Wildman–Crippen LogP) is 1.08. The van der Waals surface area contributed by atoms with E-state index in [0.717, 1.165) is 11.9 Å². The maximum Gasteiger partial charge on any atom is 0.329 e. The Balaban J connectivity index is 1.65. The predicted molar refractivity (Wildman–Crippen MR) is 115 cm³/mol. The van der Waals surface area contributed by atoms with Crippen LogP contribution in [0.25, 0.3) is 11.0 Å². The van der Waals surface area contributed by atoms with Crippen molar-refractivity contribution in [2.45, 2.75) is 39.8 Å². The van der Waals surface area contributed by atoms with Gasteiger partial charge in [-0.05, 0) is 38.8 Å². The lowest BCUT2D eigenvalue weighted by Gasteiger charge is -2.32. The molecular weight excluding hydrogens is 400 g/mol. The molecule has 0 radical (unpaired) electrons. The average Bonchev–Trinajstić information content (AvgIpc) is 3.04. The second-order valence-electron chi connectivity index (χ2n) is 7.78. The number of piperidine rings is 1. The topological polar surface area (TPSA) is 93.8 Å². The fraction of sp³-hybridized carbons (Fsp3) is 0.545. The van der Waals surface area contributed by atoms with E-state index < -0.39 is 0 Å². The smallest absolute Gasteiger partial charge is 0.329 e. The third-order valence-corrected chi connectivity index (χ3v) is 5.73. The molecular formula is C22H30N4O5. The third-order valence-electron chi connectivity index (χ3n) is 5.73. The first-order chi connectivity index (χ1) is 14.9. The number of aryl methyl sites for hydroxylation is 1. The third kappa shape index (κ3) is 4.81. The molecule has 0 spiro atoms. The number of ether oxygens (including phenoxy) is 1. The molecule has 1 unspecified atom stereocenters. The molecule has 9 heteroatoms. The second-order valence-corrected chi connectivity index (χ2v) is 7.78. The van der Waals surface area contributed by atoms with Crippen LogP contribution < -0.4 is 5.69 Å². The summed E-state index contributed by atoms with van der Waals surface area (Å²) >= 11 is 0. The summed E-state index contributed by atoms with van der Waals surface area (Å²) in [6, 6.07) is 7.34. The van der Waals surface area contributed by atoms with Crippen molar-refractivity contribution in [3.63, 3.8) is 0 Å². The molecule has 1 aliphatic heterocycles. The van der Waals surface area contributed by atoms with Gasteiger partial charge in [-0.3, -0.25) is 23.5 Å². The van der Waals surface area contributed by atoms with Crippen molar-refractivity contribution in [2.75, 3.05) is 33.3 Å². The molecule has 1 saturated heterocycles. The Morgan fingerprint density at radius 2 is 1.81 bits per heavy atom. The number of benzene rings is 1. The lowest BCUT2D eigenvalue weighted by Crippen LogP contribution is -2.47. The van der Waals surface area contributed by atoms with Crippen molar-refractivity contribution in [1.29, 1.82) is 0 Å². The maximum atomic E-state index is 12.8. The van der Waals surface area contributed by atoms with Crippen LogP contribution in [0.1, 0.15) is 26.7 Å². The summed E-state index contributed by atoms with van der Waals surface area (Å²) in [6.45, 7) is 5.08. The fourth-order valence-electron chi connectivity index (χ4n) is 4.03. The summed E-state index contributed by atoms with van der Waals surface area (Å²) in [5.41, 5.74) is 1.22. The minimum absolute atomic E-state index is 0.102. The number of imidazole rings is 1. The Bertz CT molecular complexity index is 1020. The zero-order valence-electron chi connectivity index (χ0n) is 18.4. The van der Waals surface area contributed by atoms with Gasteiger partial charge in [0.25, 0.3) is 0 Å². The van der Waals surface area contributed by atoms with Crippen LogP contribution in [0.3, 0.4) is 0 Å². The van der Waals surface area contributed by atoms with Gasteiger partial charge < -0.3 is 14.5 Å². The number of fused-ring (bicyclic) bond motifs is 1. The standard InChI is InChI=1S/C22H30N4O5/c1-4-25-17-10-6-7-11-18(17)26(22(25)30)15-19(27)23(3)14-20(28)24-12-8-9-16(13-24)21(29)31-5-2/h6-7,10-11,16H,4-5,8-9,12-15H2,1-3H3. The minimum atomic E-state index is -0.326. The molecule has 2 amide bonds. The van der Waals surface area contributed by atoms with Crippen LogP contribution in [-0.4, -0.2) is 70.0 Å². The molecule has 168 valence electrons. The highest BCUT2D eigenvalue weighted by Gasteiger charge is 2.30. The normalized spacial score (nSPS) is 16.4. The zero-order valence-corrected chi connectivity index (χ0v) is 18.4. The lowest BCUT2D eigenvalue weighted by atomic mass is 9.98. The summed E-state index contributed by atoms with van der Waals surface area (Å²) in [5, 5.41) is 0. The maximum absolute atomic E-state index is 12.8. The lowest BCUT2D eigenvalue weighted by molar-refractivity contribution is -0.152. The Kier molecular flexibility index (Phi) is 7.14. The van der Waals surface area contributed by atoms with Gasteiger partial charge in [0.1, 0.15) is 6.54 Å². The van der Waals surface area contributed by atoms with Gasteiger partial charge in [0.15, 0.2) is 0 Å². The highest BCUT2D eigenvalue weighted by atomic mass is 16.5. The van der Waals surface area contributed by atoms with Crippen molar-refractivity contribution in [3.8, 4) is 0 Å². The molecule has 1 fully saturated rings. The van der Waals surface area contributed by atoms with Gasteiger partial charge in [0, 0.05) is 26.7 Å². The van der Waals surface area contributed by atoms with E-state index in [1.165, 1.54) is 9.47 Å². The van der Waals surface area contributed by atoms with E-state index in [-0.39, 0.29) is 42.5 Å². The number of nitrogens with zero attached hydrogens (tertiary/aromatic N) is 4. The van der Waals surface area contributed by atoms with Crippen LogP contribution in [0.15, 0.2) is 29.1 Å². The molecule has 31 heavy (non-hydrogen) atoms. The van der Waals surface area contributed by atoms with Crippen LogP contribution in [0, 0.1) is 5.92 Å². The largest absolute Gasteiger partial charge is 0.466 e. The van der Waals surface area contributed by atoms with E-state index in [2.05, 4.69) is 0 Å². The summed E-state index contributed by atoms with van der Waals surface area (Å²) in [4.78, 5) is 53.2. The van der Waals surface area contributed by atoms with Crippen molar-refractivity contribution >= 4 is 28.8 Å². The van der Waals surface area contributed by atoms with E-state index >= 15 is 0 Å². The zero-order chi connectivity index (χ0) is 22.5. The van der Waals surface area contributed by atoms with Crippen molar-refractivity contribution < 1.29 is 19.1 Å². The molecule has 1 aromatic carbocycles. The quantitative estimate of drug-likeness (QED) is 0.613. The summed E-state index contributed by atoms with van der Waals surface area (Å²) in [6.07, 6.45) is 1.42. The van der Waals surface area contributed by atoms with Crippen LogP contribution >= 0.6 is 0 Å². The molecule has 3 rings (SSSR count). The molecule has 9 nitrogen and oxygen atoms in total. The number of amides is 2. The average molecular weight is 431 g/mol. The SMILES string of the molecule is CCOC(=O)C1CCCN(C(=O)CN(C)C(=O)Cn2c(=O)n(CC)c3ccccc32)C1. The Morgan fingerprint density at radius 1 is 1.13 bits per heavy atom. The number of esters is 1. The van der Waals surface area contributed by atoms with Gasteiger partial charge in [-0.2, -0.15) is 0 Å². The first-order valence-electron chi connectivity index (χ1n) is 10.7. The highest BCUT2D eigenvalue weighted by molar-refractivity contribution is 5.86. The summed E-state index contributed by atoms with van der Waals surface area (Å²) < 4.78 is 8.14. The van der Waals surface area contributed by atoms with Gasteiger partial charge >= 0.3 is 11.7 Å². The highest BCUT2D eigenvalue weighted by Crippen LogP contribution is 2.18. The fourth-order valence-corrected chi connectivity index (χ4v) is 4.03. The van der Waals surface area contributed by atoms with Crippen molar-refractivity contribution in [1.82, 2.24) is 18.9 Å². The molecule has 1 aliphatic rings. The van der Waals surface area contributed by atoms with E-state index in [0.29, 0.717) is 38.2 Å². The number of hydrogen-bond acceptors (Lipinski definition) is 5. The molecule has 1 aromatic heterocycles. The first kappa shape index (κ1) is 22.6. The molecule has 0 saturated carbocycles. The number of aromatic nitrogens is 2. The number of carbonyl (C=O) groups is 3. The van der Waals surface area contributed by atoms with Crippen LogP contribution in [0.2, 0.25) is 0 Å². The van der Waals surface area contributed by atoms with Gasteiger partial charge in [-0.1, -0.05) is 12.1 Å². The van der Waals surface area contributed by atoms with Gasteiger partial charge in [-0.15, -0.1) is 0 Å². The number of para-hydroxylation sites is 2. The number of rotatable bonds is 7. The number of carbonyl (C=O) groups excluding carboxylic acids is 3. The first-order valence-corrected chi connectivity index (χ1v) is 10.7. The van der Waals surface area contributed by atoms with Crippen LogP contribution in [0.5, 0.6) is 0 Å². The van der Waals surface area contributed by atoms with E-state index in [4.69, 9.17) is 4.74 Å². The van der Waals surface area contributed by atoms with Crippen molar-refractivity contribution in [3.05, 3.63) is 34.7 Å². The summed E-state index contributed by atoms with van der Waals surface area (Å²) in [7, 11) is 1.55. The van der Waals surface area contributed by atoms with Crippen molar-refractivity contribution in [2.24, 2.45) is 5.92 Å². The van der Waals surface area contributed by atoms with Crippen LogP contribution in [0.4, 0.5) is 0 Å². The molecule has 2 aromatic rings. The molecule has 0 bridgehead atoms. The Labute approximate surface area is 181 Å². The number of likely N-dealkylation sites (N-methyl/N-ethyl adjacent to an activating group) is 1.